The molecule has 0 atom stereocenters. The van der Waals surface area contributed by atoms with Gasteiger partial charge in [0.25, 0.3) is 6.54 Å². The number of carbonyl (C=O) groups excluding carboxylic acids is 1. The van der Waals surface area contributed by atoms with E-state index in [4.69, 9.17) is 9.90 Å². The summed E-state index contributed by atoms with van der Waals surface area (Å²) in [6.45, 7) is 6.26. The lowest BCUT2D eigenvalue weighted by Crippen LogP contribution is -2.45. The second kappa shape index (κ2) is 8.56. The van der Waals surface area contributed by atoms with Crippen LogP contribution in [0.3, 0.4) is 0 Å². The Balaban J connectivity index is 0.000000412. The third-order valence-corrected chi connectivity index (χ3v) is 3.20. The molecule has 2 rings (SSSR count). The summed E-state index contributed by atoms with van der Waals surface area (Å²) in [5.74, 6) is -2.99. The first-order chi connectivity index (χ1) is 12.0. The molecule has 0 unspecified atom stereocenters. The van der Waals surface area contributed by atoms with Crippen molar-refractivity contribution in [2.75, 3.05) is 7.11 Å². The van der Waals surface area contributed by atoms with Crippen molar-refractivity contribution in [2.45, 2.75) is 33.5 Å². The first-order valence-corrected chi connectivity index (χ1v) is 7.36. The highest BCUT2D eigenvalue weighted by Crippen LogP contribution is 2.19. The summed E-state index contributed by atoms with van der Waals surface area (Å²) in [7, 11) is 1.41. The summed E-state index contributed by atoms with van der Waals surface area (Å²) in [5, 5.41) is 12.8. The van der Waals surface area contributed by atoms with E-state index in [1.165, 1.54) is 12.7 Å². The van der Waals surface area contributed by atoms with Crippen LogP contribution >= 0.6 is 0 Å². The number of hydrogen-bond acceptors (Lipinski definition) is 4. The van der Waals surface area contributed by atoms with Gasteiger partial charge in [-0.3, -0.25) is 9.63 Å². The molecule has 0 spiro atoms. The van der Waals surface area contributed by atoms with Crippen LogP contribution in [0, 0.1) is 20.8 Å². The number of aliphatic carboxylic acids is 1. The molecule has 0 saturated carbocycles. The highest BCUT2D eigenvalue weighted by atomic mass is 19.4. The number of rotatable bonds is 3. The highest BCUT2D eigenvalue weighted by Gasteiger charge is 2.38. The number of carboxylic acid groups (broad SMARTS) is 1. The minimum Gasteiger partial charge on any atom is -0.475 e. The number of hydrogen-bond donors (Lipinski definition) is 2. The van der Waals surface area contributed by atoms with Gasteiger partial charge in [0.15, 0.2) is 6.20 Å². The van der Waals surface area contributed by atoms with Crippen LogP contribution in [0.1, 0.15) is 16.7 Å². The van der Waals surface area contributed by atoms with Crippen molar-refractivity contribution in [3.63, 3.8) is 0 Å². The predicted octanol–water partition coefficient (Wildman–Crippen LogP) is 1.76. The van der Waals surface area contributed by atoms with Crippen LogP contribution in [-0.2, 0) is 21.0 Å². The van der Waals surface area contributed by atoms with Crippen molar-refractivity contribution in [3.8, 4) is 0 Å². The van der Waals surface area contributed by atoms with E-state index in [1.807, 2.05) is 20.0 Å². The van der Waals surface area contributed by atoms with E-state index in [0.29, 0.717) is 0 Å². The number of fused-ring (bicyclic) bond motifs is 1. The van der Waals surface area contributed by atoms with Crippen LogP contribution in [0.2, 0.25) is 0 Å². The molecule has 1 aromatic heterocycles. The average Bonchev–Trinajstić information content (AvgIpc) is 2.48. The minimum atomic E-state index is -5.08. The summed E-state index contributed by atoms with van der Waals surface area (Å²) in [6.07, 6.45) is -3.21. The standard InChI is InChI=1S/C14H17N3O2.C2HF3O2/c1-9-5-10(2)14-12(6-9)11(3)7-17(15-14)8-13(18)16-19-4;3-2(4,5)1(6)7/h5-7H,8H2,1-4H3;(H,6,7)/p+1. The number of benzene rings is 1. The Hall–Kier alpha value is -2.75. The van der Waals surface area contributed by atoms with E-state index in [0.717, 1.165) is 22.0 Å². The van der Waals surface area contributed by atoms with Crippen molar-refractivity contribution in [2.24, 2.45) is 0 Å². The van der Waals surface area contributed by atoms with Crippen LogP contribution in [0.4, 0.5) is 13.2 Å². The van der Waals surface area contributed by atoms with E-state index in [9.17, 15) is 18.0 Å². The summed E-state index contributed by atoms with van der Waals surface area (Å²) < 4.78 is 33.4. The molecule has 1 aromatic carbocycles. The van der Waals surface area contributed by atoms with Gasteiger partial charge >= 0.3 is 18.1 Å². The zero-order valence-electron chi connectivity index (χ0n) is 14.6. The molecule has 0 saturated heterocycles. The molecule has 1 amide bonds. The number of halogens is 3. The number of nitrogens with zero attached hydrogens (tertiary/aromatic N) is 2. The van der Waals surface area contributed by atoms with Gasteiger partial charge in [-0.05, 0) is 32.4 Å². The molecule has 2 aromatic rings. The first-order valence-electron chi connectivity index (χ1n) is 7.36. The molecule has 2 N–H and O–H groups in total. The minimum absolute atomic E-state index is 0.137. The quantitative estimate of drug-likeness (QED) is 0.631. The molecule has 142 valence electrons. The summed E-state index contributed by atoms with van der Waals surface area (Å²) in [4.78, 5) is 25.0. The maximum absolute atomic E-state index is 11.5. The number of aromatic nitrogens is 2. The van der Waals surface area contributed by atoms with Gasteiger partial charge in [0.1, 0.15) is 5.52 Å². The lowest BCUT2D eigenvalue weighted by atomic mass is 10.0. The van der Waals surface area contributed by atoms with E-state index in [2.05, 4.69) is 34.5 Å². The highest BCUT2D eigenvalue weighted by molar-refractivity contribution is 5.84. The number of carbonyl (C=O) groups is 2. The number of amides is 1. The molecule has 0 aliphatic heterocycles. The number of aryl methyl sites for hydroxylation is 3. The van der Waals surface area contributed by atoms with Gasteiger partial charge in [0.05, 0.1) is 7.11 Å². The molecule has 0 aliphatic carbocycles. The molecule has 26 heavy (non-hydrogen) atoms. The number of nitrogens with one attached hydrogen (secondary N) is 1. The van der Waals surface area contributed by atoms with Crippen LogP contribution in [0.5, 0.6) is 0 Å². The Morgan fingerprint density at radius 3 is 2.31 bits per heavy atom. The van der Waals surface area contributed by atoms with Crippen molar-refractivity contribution in [3.05, 3.63) is 35.0 Å². The van der Waals surface area contributed by atoms with E-state index < -0.39 is 12.1 Å². The predicted molar refractivity (Wildman–Crippen MR) is 85.0 cm³/mol. The van der Waals surface area contributed by atoms with Gasteiger partial charge in [-0.25, -0.2) is 10.3 Å². The van der Waals surface area contributed by atoms with Gasteiger partial charge in [-0.1, -0.05) is 16.3 Å². The Morgan fingerprint density at radius 1 is 1.23 bits per heavy atom. The van der Waals surface area contributed by atoms with Gasteiger partial charge in [0.2, 0.25) is 0 Å². The molecule has 1 heterocycles. The average molecular weight is 374 g/mol. The Morgan fingerprint density at radius 2 is 1.81 bits per heavy atom. The molecule has 7 nitrogen and oxygen atoms in total. The van der Waals surface area contributed by atoms with Crippen LogP contribution in [-0.4, -0.2) is 35.4 Å². The maximum atomic E-state index is 11.5. The third-order valence-electron chi connectivity index (χ3n) is 3.20. The normalized spacial score (nSPS) is 10.9. The fourth-order valence-electron chi connectivity index (χ4n) is 2.22. The number of alkyl halides is 3. The summed E-state index contributed by atoms with van der Waals surface area (Å²) in [5.41, 5.74) is 6.63. The molecule has 10 heteroatoms. The smallest absolute Gasteiger partial charge is 0.475 e. The fraction of sp³-hybridized carbons (Fsp3) is 0.375. The molecule has 0 aliphatic rings. The zero-order valence-corrected chi connectivity index (χ0v) is 14.6. The Kier molecular flexibility index (Phi) is 7.01. The SMILES string of the molecule is CONC(=O)C[n+]1cc(C)c2cc(C)cc(C)c2n1.O=C(O)C(F)(F)F. The lowest BCUT2D eigenvalue weighted by molar-refractivity contribution is -0.740. The van der Waals surface area contributed by atoms with Gasteiger partial charge in [0, 0.05) is 16.0 Å². The molecule has 0 radical (unpaired) electrons. The Bertz CT molecular complexity index is 822. The van der Waals surface area contributed by atoms with Crippen LogP contribution in [0.15, 0.2) is 18.3 Å². The molecular weight excluding hydrogens is 355 g/mol. The monoisotopic (exact) mass is 374 g/mol. The van der Waals surface area contributed by atoms with E-state index in [1.54, 1.807) is 4.68 Å². The maximum Gasteiger partial charge on any atom is 0.490 e. The number of hydroxylamine groups is 1. The van der Waals surface area contributed by atoms with Crippen molar-refractivity contribution in [1.29, 1.82) is 0 Å². The van der Waals surface area contributed by atoms with Gasteiger partial charge < -0.3 is 5.11 Å². The van der Waals surface area contributed by atoms with Crippen LogP contribution < -0.4 is 10.2 Å². The van der Waals surface area contributed by atoms with E-state index >= 15 is 0 Å². The van der Waals surface area contributed by atoms with Crippen molar-refractivity contribution >= 4 is 22.8 Å². The van der Waals surface area contributed by atoms with Crippen LogP contribution in [0.25, 0.3) is 10.9 Å². The first kappa shape index (κ1) is 21.3. The number of carboxylic acids is 1. The third kappa shape index (κ3) is 5.96. The molecule has 0 bridgehead atoms. The second-order valence-corrected chi connectivity index (χ2v) is 5.52. The Labute approximate surface area is 147 Å². The van der Waals surface area contributed by atoms with E-state index in [-0.39, 0.29) is 12.5 Å². The van der Waals surface area contributed by atoms with Crippen molar-refractivity contribution in [1.82, 2.24) is 10.6 Å². The lowest BCUT2D eigenvalue weighted by Gasteiger charge is -2.05. The largest absolute Gasteiger partial charge is 0.490 e. The van der Waals surface area contributed by atoms with Crippen molar-refractivity contribution < 1.29 is 37.4 Å². The second-order valence-electron chi connectivity index (χ2n) is 5.52. The molecule has 0 fully saturated rings. The molecular formula is C16H19F3N3O4+. The van der Waals surface area contributed by atoms with Gasteiger partial charge in [-0.2, -0.15) is 13.2 Å². The fourth-order valence-corrected chi connectivity index (χ4v) is 2.22. The van der Waals surface area contributed by atoms with Gasteiger partial charge in [-0.15, -0.1) is 0 Å². The topological polar surface area (TPSA) is 92.4 Å². The zero-order chi connectivity index (χ0) is 20.1. The summed E-state index contributed by atoms with van der Waals surface area (Å²) in [6, 6.07) is 4.21. The summed E-state index contributed by atoms with van der Waals surface area (Å²) >= 11 is 0.